The molecule has 2 aromatic heterocycles. The number of hydrogen-bond acceptors (Lipinski definition) is 6. The monoisotopic (exact) mass is 395 g/mol. The number of pyridine rings is 2. The molecule has 0 radical (unpaired) electrons. The molecule has 0 saturated carbocycles. The summed E-state index contributed by atoms with van der Waals surface area (Å²) in [6, 6.07) is 12.5. The zero-order valence-corrected chi connectivity index (χ0v) is 15.8. The Bertz CT molecular complexity index is 1060. The molecule has 1 aliphatic heterocycles. The predicted molar refractivity (Wildman–Crippen MR) is 106 cm³/mol. The van der Waals surface area contributed by atoms with Crippen LogP contribution < -0.4 is 14.5 Å². The Labute approximate surface area is 167 Å². The number of rotatable bonds is 4. The van der Waals surface area contributed by atoms with Crippen LogP contribution in [-0.2, 0) is 0 Å². The molecule has 1 aliphatic rings. The summed E-state index contributed by atoms with van der Waals surface area (Å²) in [4.78, 5) is 13.3. The van der Waals surface area contributed by atoms with Gasteiger partial charge in [-0.15, -0.1) is 0 Å². The van der Waals surface area contributed by atoms with Gasteiger partial charge in [-0.1, -0.05) is 0 Å². The summed E-state index contributed by atoms with van der Waals surface area (Å²) >= 11 is 0. The van der Waals surface area contributed by atoms with Crippen molar-refractivity contribution in [3.05, 3.63) is 53.9 Å². The van der Waals surface area contributed by atoms with Gasteiger partial charge in [0.1, 0.15) is 17.6 Å². The van der Waals surface area contributed by atoms with Crippen molar-refractivity contribution in [3.8, 4) is 11.8 Å². The smallest absolute Gasteiger partial charge is 0.387 e. The van der Waals surface area contributed by atoms with E-state index < -0.39 is 6.61 Å². The highest BCUT2D eigenvalue weighted by Gasteiger charge is 2.21. The summed E-state index contributed by atoms with van der Waals surface area (Å²) in [5, 5.41) is 9.70. The first-order valence-corrected chi connectivity index (χ1v) is 9.26. The first kappa shape index (κ1) is 18.9. The molecular weight excluding hydrogens is 376 g/mol. The maximum Gasteiger partial charge on any atom is 0.387 e. The number of fused-ring (bicyclic) bond motifs is 1. The summed E-state index contributed by atoms with van der Waals surface area (Å²) < 4.78 is 29.8. The van der Waals surface area contributed by atoms with Crippen molar-refractivity contribution in [2.45, 2.75) is 13.5 Å². The fraction of sp³-hybridized carbons (Fsp3) is 0.286. The van der Waals surface area contributed by atoms with Crippen LogP contribution in [0.4, 0.5) is 20.3 Å². The van der Waals surface area contributed by atoms with E-state index in [2.05, 4.69) is 30.6 Å². The first-order valence-electron chi connectivity index (χ1n) is 9.26. The minimum Gasteiger partial charge on any atom is -0.435 e. The molecule has 0 amide bonds. The highest BCUT2D eigenvalue weighted by atomic mass is 19.3. The van der Waals surface area contributed by atoms with Crippen LogP contribution in [0.25, 0.3) is 10.9 Å². The van der Waals surface area contributed by atoms with E-state index in [4.69, 9.17) is 5.26 Å². The number of halogens is 2. The van der Waals surface area contributed by atoms with Gasteiger partial charge in [0.15, 0.2) is 0 Å². The maximum absolute atomic E-state index is 12.6. The van der Waals surface area contributed by atoms with Gasteiger partial charge in [0.25, 0.3) is 0 Å². The average Bonchev–Trinajstić information content (AvgIpc) is 2.73. The van der Waals surface area contributed by atoms with Crippen molar-refractivity contribution >= 4 is 22.4 Å². The number of nitriles is 1. The number of alkyl halides is 2. The first-order chi connectivity index (χ1) is 14.0. The lowest BCUT2D eigenvalue weighted by Gasteiger charge is -2.37. The second-order valence-electron chi connectivity index (χ2n) is 6.83. The zero-order chi connectivity index (χ0) is 20.4. The number of ether oxygens (including phenoxy) is 1. The molecule has 1 saturated heterocycles. The van der Waals surface area contributed by atoms with Crippen LogP contribution >= 0.6 is 0 Å². The van der Waals surface area contributed by atoms with Crippen molar-refractivity contribution in [2.75, 3.05) is 36.0 Å². The van der Waals surface area contributed by atoms with Gasteiger partial charge >= 0.3 is 6.61 Å². The minimum absolute atomic E-state index is 0.125. The van der Waals surface area contributed by atoms with Crippen LogP contribution in [0, 0.1) is 18.3 Å². The lowest BCUT2D eigenvalue weighted by Crippen LogP contribution is -2.47. The number of nitrogens with zero attached hydrogens (tertiary/aromatic N) is 5. The standard InChI is InChI=1S/C21H19F2N5O/c1-14-10-19(17-11-16(29-21(22)23)3-4-18(17)26-14)27-6-8-28(9-7-27)20-5-2-15(12-24)13-25-20/h2-5,10-11,13,21H,6-9H2,1H3. The van der Waals surface area contributed by atoms with Gasteiger partial charge in [0.2, 0.25) is 0 Å². The van der Waals surface area contributed by atoms with E-state index in [-0.39, 0.29) is 5.75 Å². The normalized spacial score (nSPS) is 14.3. The average molecular weight is 395 g/mol. The van der Waals surface area contributed by atoms with E-state index in [1.807, 2.05) is 19.1 Å². The molecule has 4 rings (SSSR count). The van der Waals surface area contributed by atoms with Crippen molar-refractivity contribution in [3.63, 3.8) is 0 Å². The van der Waals surface area contributed by atoms with Crippen molar-refractivity contribution in [1.82, 2.24) is 9.97 Å². The molecule has 148 valence electrons. The molecule has 0 N–H and O–H groups in total. The van der Waals surface area contributed by atoms with Crippen molar-refractivity contribution < 1.29 is 13.5 Å². The van der Waals surface area contributed by atoms with Crippen LogP contribution in [0.15, 0.2) is 42.6 Å². The van der Waals surface area contributed by atoms with Crippen LogP contribution in [-0.4, -0.2) is 42.8 Å². The van der Waals surface area contributed by atoms with Crippen molar-refractivity contribution in [1.29, 1.82) is 5.26 Å². The Kier molecular flexibility index (Phi) is 5.12. The second kappa shape index (κ2) is 7.87. The summed E-state index contributed by atoms with van der Waals surface area (Å²) in [5.74, 6) is 0.965. The quantitative estimate of drug-likeness (QED) is 0.671. The molecule has 0 unspecified atom stereocenters. The highest BCUT2D eigenvalue weighted by Crippen LogP contribution is 2.31. The molecule has 0 atom stereocenters. The van der Waals surface area contributed by atoms with E-state index in [1.54, 1.807) is 24.4 Å². The minimum atomic E-state index is -2.86. The molecule has 29 heavy (non-hydrogen) atoms. The van der Waals surface area contributed by atoms with E-state index >= 15 is 0 Å². The van der Waals surface area contributed by atoms with E-state index in [0.29, 0.717) is 5.56 Å². The van der Waals surface area contributed by atoms with Gasteiger partial charge in [0.05, 0.1) is 11.1 Å². The van der Waals surface area contributed by atoms with Gasteiger partial charge in [-0.25, -0.2) is 4.98 Å². The zero-order valence-electron chi connectivity index (χ0n) is 15.8. The molecule has 0 spiro atoms. The number of hydrogen-bond donors (Lipinski definition) is 0. The van der Waals surface area contributed by atoms with Crippen molar-refractivity contribution in [2.24, 2.45) is 0 Å². The van der Waals surface area contributed by atoms with Gasteiger partial charge in [-0.3, -0.25) is 4.98 Å². The molecule has 3 aromatic rings. The third kappa shape index (κ3) is 4.04. The summed E-state index contributed by atoms with van der Waals surface area (Å²) in [7, 11) is 0. The Morgan fingerprint density at radius 1 is 1.07 bits per heavy atom. The summed E-state index contributed by atoms with van der Waals surface area (Å²) in [6.45, 7) is 2.08. The fourth-order valence-corrected chi connectivity index (χ4v) is 3.57. The molecule has 8 heteroatoms. The Morgan fingerprint density at radius 2 is 1.83 bits per heavy atom. The number of anilines is 2. The second-order valence-corrected chi connectivity index (χ2v) is 6.83. The van der Waals surface area contributed by atoms with Gasteiger partial charge in [-0.05, 0) is 43.3 Å². The Morgan fingerprint density at radius 3 is 2.48 bits per heavy atom. The SMILES string of the molecule is Cc1cc(N2CCN(c3ccc(C#N)cn3)CC2)c2cc(OC(F)F)ccc2n1. The van der Waals surface area contributed by atoms with E-state index in [9.17, 15) is 8.78 Å². The number of benzene rings is 1. The van der Waals surface area contributed by atoms with Gasteiger partial charge in [0, 0.05) is 49.1 Å². The fourth-order valence-electron chi connectivity index (χ4n) is 3.57. The Balaban J connectivity index is 1.57. The van der Waals surface area contributed by atoms with Crippen LogP contribution in [0.2, 0.25) is 0 Å². The number of aryl methyl sites for hydroxylation is 1. The van der Waals surface area contributed by atoms with Crippen LogP contribution in [0.5, 0.6) is 5.75 Å². The van der Waals surface area contributed by atoms with Crippen LogP contribution in [0.3, 0.4) is 0 Å². The summed E-state index contributed by atoms with van der Waals surface area (Å²) in [5.41, 5.74) is 3.11. The van der Waals surface area contributed by atoms with Crippen LogP contribution in [0.1, 0.15) is 11.3 Å². The van der Waals surface area contributed by atoms with Gasteiger partial charge < -0.3 is 14.5 Å². The number of aromatic nitrogens is 2. The lowest BCUT2D eigenvalue weighted by atomic mass is 10.1. The topological polar surface area (TPSA) is 65.3 Å². The molecule has 6 nitrogen and oxygen atoms in total. The maximum atomic E-state index is 12.6. The van der Waals surface area contributed by atoms with E-state index in [0.717, 1.165) is 54.3 Å². The largest absolute Gasteiger partial charge is 0.435 e. The highest BCUT2D eigenvalue weighted by molar-refractivity contribution is 5.93. The summed E-state index contributed by atoms with van der Waals surface area (Å²) in [6.07, 6.45) is 1.58. The molecule has 0 bridgehead atoms. The molecule has 1 aromatic carbocycles. The predicted octanol–water partition coefficient (Wildman–Crippen LogP) is 3.74. The van der Waals surface area contributed by atoms with Gasteiger partial charge in [-0.2, -0.15) is 14.0 Å². The molecule has 0 aliphatic carbocycles. The Hall–Kier alpha value is -3.47. The third-order valence-electron chi connectivity index (χ3n) is 4.93. The number of piperazine rings is 1. The lowest BCUT2D eigenvalue weighted by molar-refractivity contribution is -0.0497. The third-order valence-corrected chi connectivity index (χ3v) is 4.93. The molecular formula is C21H19F2N5O. The van der Waals surface area contributed by atoms with E-state index in [1.165, 1.54) is 6.07 Å². The molecule has 3 heterocycles. The molecule has 1 fully saturated rings.